The molecular formula is C15H25NO2. The van der Waals surface area contributed by atoms with E-state index in [0.29, 0.717) is 19.1 Å². The second-order valence-corrected chi connectivity index (χ2v) is 4.77. The molecule has 102 valence electrons. The largest absolute Gasteiger partial charge is 0.365 e. The number of aliphatic imine (C=N–C) groups is 1. The van der Waals surface area contributed by atoms with Crippen molar-refractivity contribution in [2.24, 2.45) is 16.8 Å². The Kier molecular flexibility index (Phi) is 9.26. The fourth-order valence-corrected chi connectivity index (χ4v) is 1.21. The average molecular weight is 251 g/mol. The highest BCUT2D eigenvalue weighted by atomic mass is 16.6. The van der Waals surface area contributed by atoms with Crippen molar-refractivity contribution >= 4 is 5.71 Å². The highest BCUT2D eigenvalue weighted by Gasteiger charge is 2.02. The van der Waals surface area contributed by atoms with Crippen molar-refractivity contribution in [3.63, 3.8) is 0 Å². The van der Waals surface area contributed by atoms with Gasteiger partial charge in [-0.25, -0.2) is 0 Å². The lowest BCUT2D eigenvalue weighted by molar-refractivity contribution is -0.0732. The Morgan fingerprint density at radius 2 is 2.06 bits per heavy atom. The van der Waals surface area contributed by atoms with Crippen molar-refractivity contribution in [3.8, 4) is 12.3 Å². The third kappa shape index (κ3) is 8.98. The van der Waals surface area contributed by atoms with Gasteiger partial charge >= 0.3 is 0 Å². The van der Waals surface area contributed by atoms with E-state index in [1.54, 1.807) is 6.08 Å². The van der Waals surface area contributed by atoms with Gasteiger partial charge in [-0.05, 0) is 24.3 Å². The van der Waals surface area contributed by atoms with Crippen LogP contribution in [0.2, 0.25) is 0 Å². The van der Waals surface area contributed by atoms with Crippen molar-refractivity contribution in [1.29, 1.82) is 0 Å². The van der Waals surface area contributed by atoms with Crippen LogP contribution in [-0.4, -0.2) is 30.3 Å². The first-order valence-electron chi connectivity index (χ1n) is 6.47. The van der Waals surface area contributed by atoms with E-state index in [1.807, 2.05) is 33.8 Å². The summed E-state index contributed by atoms with van der Waals surface area (Å²) < 4.78 is 5.22. The minimum absolute atomic E-state index is 0.234. The summed E-state index contributed by atoms with van der Waals surface area (Å²) in [5.41, 5.74) is 0.784. The zero-order chi connectivity index (χ0) is 14.0. The molecule has 0 aromatic carbocycles. The molecule has 18 heavy (non-hydrogen) atoms. The molecule has 2 atom stereocenters. The Morgan fingerprint density at radius 1 is 1.39 bits per heavy atom. The van der Waals surface area contributed by atoms with Gasteiger partial charge in [0, 0.05) is 6.54 Å². The SMILES string of the molecule is C#C/C(CC)=N/C[C@H](C)/C=C/C(O)OCC(C)C. The third-order valence-corrected chi connectivity index (χ3v) is 2.28. The average Bonchev–Trinajstić information content (AvgIpc) is 2.35. The topological polar surface area (TPSA) is 41.8 Å². The molecule has 0 aliphatic carbocycles. The maximum Gasteiger partial charge on any atom is 0.174 e. The van der Waals surface area contributed by atoms with Crippen LogP contribution in [0.1, 0.15) is 34.1 Å². The van der Waals surface area contributed by atoms with Crippen LogP contribution in [0.5, 0.6) is 0 Å². The van der Waals surface area contributed by atoms with Gasteiger partial charge in [0.2, 0.25) is 0 Å². The number of hydrogen-bond donors (Lipinski definition) is 1. The van der Waals surface area contributed by atoms with E-state index >= 15 is 0 Å². The van der Waals surface area contributed by atoms with E-state index in [4.69, 9.17) is 11.2 Å². The van der Waals surface area contributed by atoms with Gasteiger partial charge in [0.05, 0.1) is 12.3 Å². The minimum atomic E-state index is -0.836. The number of rotatable bonds is 8. The fourth-order valence-electron chi connectivity index (χ4n) is 1.21. The molecule has 0 heterocycles. The van der Waals surface area contributed by atoms with Gasteiger partial charge in [-0.3, -0.25) is 4.99 Å². The molecule has 0 aromatic rings. The monoisotopic (exact) mass is 251 g/mol. The fraction of sp³-hybridized carbons (Fsp3) is 0.667. The molecule has 0 rings (SSSR count). The van der Waals surface area contributed by atoms with Crippen LogP contribution in [0.25, 0.3) is 0 Å². The van der Waals surface area contributed by atoms with Crippen LogP contribution in [-0.2, 0) is 4.74 Å². The van der Waals surface area contributed by atoms with E-state index in [9.17, 15) is 5.11 Å². The maximum atomic E-state index is 9.54. The molecule has 0 aliphatic rings. The molecule has 0 bridgehead atoms. The smallest absolute Gasteiger partial charge is 0.174 e. The molecular weight excluding hydrogens is 226 g/mol. The summed E-state index contributed by atoms with van der Waals surface area (Å²) in [6.07, 6.45) is 8.81. The Hall–Kier alpha value is -1.11. The molecule has 1 N–H and O–H groups in total. The van der Waals surface area contributed by atoms with Crippen molar-refractivity contribution in [2.75, 3.05) is 13.2 Å². The predicted molar refractivity (Wildman–Crippen MR) is 76.5 cm³/mol. The lowest BCUT2D eigenvalue weighted by Crippen LogP contribution is -2.13. The van der Waals surface area contributed by atoms with Gasteiger partial charge in [0.25, 0.3) is 0 Å². The molecule has 0 spiro atoms. The van der Waals surface area contributed by atoms with E-state index in [0.717, 1.165) is 12.1 Å². The summed E-state index contributed by atoms with van der Waals surface area (Å²) in [6, 6.07) is 0. The quantitative estimate of drug-likeness (QED) is 0.312. The second kappa shape index (κ2) is 9.87. The number of aliphatic hydroxyl groups excluding tert-OH is 1. The molecule has 3 heteroatoms. The van der Waals surface area contributed by atoms with E-state index in [1.165, 1.54) is 0 Å². The lowest BCUT2D eigenvalue weighted by atomic mass is 10.1. The Bertz CT molecular complexity index is 313. The highest BCUT2D eigenvalue weighted by molar-refractivity contribution is 5.99. The standard InChI is InChI=1S/C15H25NO2/c1-6-14(7-2)16-10-13(5)8-9-15(17)18-11-12(3)4/h1,8-9,12-13,15,17H,7,10-11H2,2-5H3/b9-8+,16-14-/t13-,15?/m1/s1. The maximum absolute atomic E-state index is 9.54. The summed E-state index contributed by atoms with van der Waals surface area (Å²) in [5.74, 6) is 3.20. The minimum Gasteiger partial charge on any atom is -0.365 e. The van der Waals surface area contributed by atoms with Gasteiger partial charge in [-0.15, -0.1) is 6.42 Å². The molecule has 0 aliphatic heterocycles. The van der Waals surface area contributed by atoms with Crippen LogP contribution in [0.3, 0.4) is 0 Å². The third-order valence-electron chi connectivity index (χ3n) is 2.28. The van der Waals surface area contributed by atoms with Gasteiger partial charge in [-0.1, -0.05) is 39.7 Å². The Balaban J connectivity index is 4.04. The van der Waals surface area contributed by atoms with E-state index in [2.05, 4.69) is 10.9 Å². The Morgan fingerprint density at radius 3 is 2.56 bits per heavy atom. The summed E-state index contributed by atoms with van der Waals surface area (Å²) >= 11 is 0. The highest BCUT2D eigenvalue weighted by Crippen LogP contribution is 2.03. The van der Waals surface area contributed by atoms with Gasteiger partial charge in [0.15, 0.2) is 6.29 Å². The molecule has 0 fully saturated rings. The van der Waals surface area contributed by atoms with Gasteiger partial charge < -0.3 is 9.84 Å². The van der Waals surface area contributed by atoms with E-state index in [-0.39, 0.29) is 5.92 Å². The van der Waals surface area contributed by atoms with Crippen LogP contribution in [0.4, 0.5) is 0 Å². The number of ether oxygens (including phenoxy) is 1. The van der Waals surface area contributed by atoms with Crippen molar-refractivity contribution in [1.82, 2.24) is 0 Å². The Labute approximate surface area is 111 Å². The molecule has 0 radical (unpaired) electrons. The zero-order valence-corrected chi connectivity index (χ0v) is 11.9. The van der Waals surface area contributed by atoms with Crippen LogP contribution >= 0.6 is 0 Å². The van der Waals surface area contributed by atoms with Crippen molar-refractivity contribution in [3.05, 3.63) is 12.2 Å². The van der Waals surface area contributed by atoms with Crippen molar-refractivity contribution < 1.29 is 9.84 Å². The molecule has 0 aromatic heterocycles. The molecule has 3 nitrogen and oxygen atoms in total. The normalized spacial score (nSPS) is 15.9. The summed E-state index contributed by atoms with van der Waals surface area (Å²) in [5, 5.41) is 9.54. The van der Waals surface area contributed by atoms with Gasteiger partial charge in [-0.2, -0.15) is 0 Å². The second-order valence-electron chi connectivity index (χ2n) is 4.77. The molecule has 1 unspecified atom stereocenters. The summed E-state index contributed by atoms with van der Waals surface area (Å²) in [6.45, 7) is 9.29. The predicted octanol–water partition coefficient (Wildman–Crippen LogP) is 2.65. The first kappa shape index (κ1) is 16.9. The van der Waals surface area contributed by atoms with Crippen molar-refractivity contribution in [2.45, 2.75) is 40.4 Å². The number of hydrogen-bond acceptors (Lipinski definition) is 3. The van der Waals surface area contributed by atoms with Crippen LogP contribution < -0.4 is 0 Å². The molecule has 0 saturated heterocycles. The van der Waals surface area contributed by atoms with E-state index < -0.39 is 6.29 Å². The summed E-state index contributed by atoms with van der Waals surface area (Å²) in [7, 11) is 0. The first-order chi connectivity index (χ1) is 8.49. The lowest BCUT2D eigenvalue weighted by Gasteiger charge is -2.10. The van der Waals surface area contributed by atoms with Crippen LogP contribution in [0, 0.1) is 24.2 Å². The summed E-state index contributed by atoms with van der Waals surface area (Å²) in [4.78, 5) is 4.32. The first-order valence-corrected chi connectivity index (χ1v) is 6.47. The number of aliphatic hydroxyl groups is 1. The zero-order valence-electron chi connectivity index (χ0n) is 11.9. The molecule has 0 amide bonds. The van der Waals surface area contributed by atoms with Crippen LogP contribution in [0.15, 0.2) is 17.1 Å². The number of terminal acetylenes is 1. The van der Waals surface area contributed by atoms with Gasteiger partial charge in [0.1, 0.15) is 0 Å². The molecule has 0 saturated carbocycles. The number of nitrogens with zero attached hydrogens (tertiary/aromatic N) is 1.